The van der Waals surface area contributed by atoms with Crippen molar-refractivity contribution in [3.63, 3.8) is 0 Å². The Morgan fingerprint density at radius 1 is 1.20 bits per heavy atom. The van der Waals surface area contributed by atoms with E-state index in [1.54, 1.807) is 4.90 Å². The van der Waals surface area contributed by atoms with Gasteiger partial charge in [0.25, 0.3) is 5.91 Å². The highest BCUT2D eigenvalue weighted by Gasteiger charge is 2.27. The number of piperazine rings is 1. The van der Waals surface area contributed by atoms with Gasteiger partial charge in [0.2, 0.25) is 0 Å². The molecule has 0 saturated carbocycles. The number of rotatable bonds is 6. The third-order valence-electron chi connectivity index (χ3n) is 3.85. The lowest BCUT2D eigenvalue weighted by atomic mass is 10.1. The molecule has 1 amide bonds. The zero-order valence-corrected chi connectivity index (χ0v) is 15.1. The number of benzene rings is 1. The maximum Gasteiger partial charge on any atom is 0.411 e. The van der Waals surface area contributed by atoms with Crippen molar-refractivity contribution in [2.45, 2.75) is 12.6 Å². The van der Waals surface area contributed by atoms with Crippen LogP contribution in [0.3, 0.4) is 0 Å². The Morgan fingerprint density at radius 3 is 2.52 bits per heavy atom. The number of amides is 1. The molecule has 0 aliphatic carbocycles. The molecule has 1 aromatic rings. The average molecular weight is 427 g/mol. The third kappa shape index (κ3) is 6.56. The Labute approximate surface area is 151 Å². The molecule has 0 spiro atoms. The van der Waals surface area contributed by atoms with Gasteiger partial charge in [-0.15, -0.1) is 0 Å². The Bertz CT molecular complexity index is 590. The number of hydrogen-bond donors (Lipinski definition) is 0. The minimum atomic E-state index is -4.29. The molecule has 1 aliphatic rings. The monoisotopic (exact) mass is 426 g/mol. The van der Waals surface area contributed by atoms with Crippen molar-refractivity contribution in [3.8, 4) is 0 Å². The molecule has 1 aromatic carbocycles. The summed E-state index contributed by atoms with van der Waals surface area (Å²) >= 11 is 3.25. The SMILES string of the molecule is O=C(c1cc(F)ccc1Br)N1CCN(CCCOCC(F)(F)F)CC1. The van der Waals surface area contributed by atoms with Gasteiger partial charge in [-0.1, -0.05) is 0 Å². The van der Waals surface area contributed by atoms with Crippen LogP contribution < -0.4 is 0 Å². The van der Waals surface area contributed by atoms with Crippen molar-refractivity contribution in [3.05, 3.63) is 34.1 Å². The summed E-state index contributed by atoms with van der Waals surface area (Å²) < 4.78 is 54.3. The van der Waals surface area contributed by atoms with Crippen LogP contribution in [0, 0.1) is 5.82 Å². The molecule has 4 nitrogen and oxygen atoms in total. The first-order valence-electron chi connectivity index (χ1n) is 7.87. The molecule has 0 atom stereocenters. The molecule has 1 fully saturated rings. The van der Waals surface area contributed by atoms with Crippen LogP contribution in [0.25, 0.3) is 0 Å². The average Bonchev–Trinajstić information content (AvgIpc) is 2.56. The van der Waals surface area contributed by atoms with E-state index in [0.29, 0.717) is 43.6 Å². The molecule has 1 aliphatic heterocycles. The number of ether oxygens (including phenoxy) is 1. The van der Waals surface area contributed by atoms with Crippen LogP contribution in [0.2, 0.25) is 0 Å². The fraction of sp³-hybridized carbons (Fsp3) is 0.562. The Kier molecular flexibility index (Phi) is 7.21. The van der Waals surface area contributed by atoms with E-state index in [1.807, 2.05) is 0 Å². The predicted molar refractivity (Wildman–Crippen MR) is 87.9 cm³/mol. The van der Waals surface area contributed by atoms with Gasteiger partial charge in [0, 0.05) is 43.8 Å². The fourth-order valence-electron chi connectivity index (χ4n) is 2.58. The first kappa shape index (κ1) is 20.1. The predicted octanol–water partition coefficient (Wildman–Crippen LogP) is 3.32. The summed E-state index contributed by atoms with van der Waals surface area (Å²) in [6.07, 6.45) is -3.79. The summed E-state index contributed by atoms with van der Waals surface area (Å²) in [5.41, 5.74) is 0.286. The highest BCUT2D eigenvalue weighted by atomic mass is 79.9. The Hall–Kier alpha value is -1.19. The minimum absolute atomic E-state index is 0.0505. The topological polar surface area (TPSA) is 32.8 Å². The molecule has 1 heterocycles. The van der Waals surface area contributed by atoms with Crippen LogP contribution in [0.4, 0.5) is 17.6 Å². The molecule has 1 saturated heterocycles. The lowest BCUT2D eigenvalue weighted by Crippen LogP contribution is -2.49. The quantitative estimate of drug-likeness (QED) is 0.516. The summed E-state index contributed by atoms with van der Waals surface area (Å²) in [6.45, 7) is 1.67. The van der Waals surface area contributed by atoms with E-state index in [-0.39, 0.29) is 18.1 Å². The summed E-state index contributed by atoms with van der Waals surface area (Å²) in [5, 5.41) is 0. The van der Waals surface area contributed by atoms with Gasteiger partial charge in [-0.25, -0.2) is 4.39 Å². The maximum absolute atomic E-state index is 13.3. The zero-order valence-electron chi connectivity index (χ0n) is 13.5. The Morgan fingerprint density at radius 2 is 1.88 bits per heavy atom. The van der Waals surface area contributed by atoms with E-state index in [2.05, 4.69) is 25.6 Å². The maximum atomic E-state index is 13.3. The second-order valence-corrected chi connectivity index (χ2v) is 6.63. The number of hydrogen-bond acceptors (Lipinski definition) is 3. The van der Waals surface area contributed by atoms with Gasteiger partial charge >= 0.3 is 6.18 Å². The standard InChI is InChI=1S/C16H19BrF4N2O2/c17-14-3-2-12(18)10-13(14)15(24)23-7-5-22(6-8-23)4-1-9-25-11-16(19,20)21/h2-3,10H,1,4-9,11H2. The number of carbonyl (C=O) groups excluding carboxylic acids is 1. The molecule has 0 bridgehead atoms. The summed E-state index contributed by atoms with van der Waals surface area (Å²) in [4.78, 5) is 16.2. The summed E-state index contributed by atoms with van der Waals surface area (Å²) in [5.74, 6) is -0.705. The van der Waals surface area contributed by atoms with Crippen LogP contribution in [-0.4, -0.2) is 67.8 Å². The molecule has 9 heteroatoms. The van der Waals surface area contributed by atoms with Crippen molar-refractivity contribution in [2.24, 2.45) is 0 Å². The van der Waals surface area contributed by atoms with E-state index in [4.69, 9.17) is 0 Å². The zero-order chi connectivity index (χ0) is 18.4. The highest BCUT2D eigenvalue weighted by molar-refractivity contribution is 9.10. The largest absolute Gasteiger partial charge is 0.411 e. The molecule has 0 aromatic heterocycles. The third-order valence-corrected chi connectivity index (χ3v) is 4.54. The van der Waals surface area contributed by atoms with E-state index >= 15 is 0 Å². The van der Waals surface area contributed by atoms with Crippen molar-refractivity contribution >= 4 is 21.8 Å². The van der Waals surface area contributed by atoms with Gasteiger partial charge in [0.15, 0.2) is 0 Å². The van der Waals surface area contributed by atoms with Crippen LogP contribution in [-0.2, 0) is 4.74 Å². The molecular formula is C16H19BrF4N2O2. The lowest BCUT2D eigenvalue weighted by molar-refractivity contribution is -0.174. The van der Waals surface area contributed by atoms with Gasteiger partial charge < -0.3 is 9.64 Å². The van der Waals surface area contributed by atoms with Crippen LogP contribution in [0.15, 0.2) is 22.7 Å². The first-order valence-corrected chi connectivity index (χ1v) is 8.67. The molecular weight excluding hydrogens is 408 g/mol. The normalized spacial score (nSPS) is 16.3. The molecule has 0 radical (unpaired) electrons. The van der Waals surface area contributed by atoms with Gasteiger partial charge in [-0.2, -0.15) is 13.2 Å². The van der Waals surface area contributed by atoms with Gasteiger partial charge in [0.1, 0.15) is 12.4 Å². The van der Waals surface area contributed by atoms with Gasteiger partial charge in [0.05, 0.1) is 5.56 Å². The van der Waals surface area contributed by atoms with E-state index in [0.717, 1.165) is 0 Å². The summed E-state index contributed by atoms with van der Waals surface area (Å²) in [6, 6.07) is 3.98. The molecule has 0 unspecified atom stereocenters. The molecule has 140 valence electrons. The van der Waals surface area contributed by atoms with Crippen LogP contribution in [0.5, 0.6) is 0 Å². The number of carbonyl (C=O) groups is 1. The first-order chi connectivity index (χ1) is 11.8. The van der Waals surface area contributed by atoms with Crippen molar-refractivity contribution in [1.29, 1.82) is 0 Å². The van der Waals surface area contributed by atoms with E-state index in [1.165, 1.54) is 18.2 Å². The number of alkyl halides is 3. The van der Waals surface area contributed by atoms with Crippen LogP contribution >= 0.6 is 15.9 Å². The van der Waals surface area contributed by atoms with E-state index < -0.39 is 18.6 Å². The molecule has 0 N–H and O–H groups in total. The fourth-order valence-corrected chi connectivity index (χ4v) is 3.00. The second kappa shape index (κ2) is 8.95. The highest BCUT2D eigenvalue weighted by Crippen LogP contribution is 2.20. The summed E-state index contributed by atoms with van der Waals surface area (Å²) in [7, 11) is 0. The Balaban J connectivity index is 1.72. The molecule has 25 heavy (non-hydrogen) atoms. The lowest BCUT2D eigenvalue weighted by Gasteiger charge is -2.35. The second-order valence-electron chi connectivity index (χ2n) is 5.78. The van der Waals surface area contributed by atoms with Gasteiger partial charge in [-0.3, -0.25) is 9.69 Å². The van der Waals surface area contributed by atoms with Crippen molar-refractivity contribution in [2.75, 3.05) is 45.9 Å². The molecule has 2 rings (SSSR count). The van der Waals surface area contributed by atoms with Gasteiger partial charge in [-0.05, 0) is 40.5 Å². The smallest absolute Gasteiger partial charge is 0.372 e. The number of halogens is 5. The van der Waals surface area contributed by atoms with Crippen molar-refractivity contribution < 1.29 is 27.1 Å². The minimum Gasteiger partial charge on any atom is -0.372 e. The van der Waals surface area contributed by atoms with Crippen molar-refractivity contribution in [1.82, 2.24) is 9.80 Å². The van der Waals surface area contributed by atoms with E-state index in [9.17, 15) is 22.4 Å². The number of nitrogens with zero attached hydrogens (tertiary/aromatic N) is 2. The van der Waals surface area contributed by atoms with Crippen LogP contribution in [0.1, 0.15) is 16.8 Å².